The topological polar surface area (TPSA) is 9.72 Å². The molecule has 77 heavy (non-hydrogen) atoms. The molecule has 0 fully saturated rings. The van der Waals surface area contributed by atoms with Gasteiger partial charge in [-0.25, -0.2) is 0 Å². The Morgan fingerprint density at radius 3 is 1.87 bits per heavy atom. The van der Waals surface area contributed by atoms with Crippen molar-refractivity contribution in [1.29, 1.82) is 0 Å². The van der Waals surface area contributed by atoms with Crippen LogP contribution in [0.3, 0.4) is 0 Å². The largest absolute Gasteiger partial charge is 0.311 e. The molecule has 0 amide bonds. The molecule has 384 valence electrons. The van der Waals surface area contributed by atoms with Crippen molar-refractivity contribution in [2.45, 2.75) is 143 Å². The number of para-hydroxylation sites is 1. The zero-order valence-corrected chi connectivity index (χ0v) is 48.4. The van der Waals surface area contributed by atoms with Crippen LogP contribution in [0.4, 0.5) is 51.2 Å². The first-order valence-corrected chi connectivity index (χ1v) is 29.3. The van der Waals surface area contributed by atoms with Gasteiger partial charge in [-0.15, -0.1) is 11.3 Å². The van der Waals surface area contributed by atoms with E-state index in [9.17, 15) is 0 Å². The maximum atomic E-state index is 2.73. The van der Waals surface area contributed by atoms with Gasteiger partial charge in [0.05, 0.1) is 11.4 Å². The van der Waals surface area contributed by atoms with Crippen molar-refractivity contribution in [3.63, 3.8) is 0 Å². The first-order valence-electron chi connectivity index (χ1n) is 28.5. The molecule has 1 aromatic heterocycles. The second kappa shape index (κ2) is 16.4. The monoisotopic (exact) mass is 1020 g/mol. The Bertz CT molecular complexity index is 3980. The lowest BCUT2D eigenvalue weighted by Gasteiger charge is -2.47. The van der Waals surface area contributed by atoms with Gasteiger partial charge >= 0.3 is 0 Å². The van der Waals surface area contributed by atoms with Gasteiger partial charge in [-0.05, 0) is 207 Å². The molecule has 8 aromatic carbocycles. The summed E-state index contributed by atoms with van der Waals surface area (Å²) in [4.78, 5) is 8.03. The molecule has 0 N–H and O–H groups in total. The van der Waals surface area contributed by atoms with Crippen LogP contribution >= 0.6 is 11.3 Å². The summed E-state index contributed by atoms with van der Waals surface area (Å²) in [7, 11) is 0. The van der Waals surface area contributed by atoms with Crippen LogP contribution in [-0.4, -0.2) is 6.71 Å². The third-order valence-electron chi connectivity index (χ3n) is 19.5. The average molecular weight is 1020 g/mol. The minimum atomic E-state index is -0.252. The molecule has 3 nitrogen and oxygen atoms in total. The van der Waals surface area contributed by atoms with Crippen molar-refractivity contribution in [3.8, 4) is 11.1 Å². The smallest absolute Gasteiger partial charge is 0.264 e. The summed E-state index contributed by atoms with van der Waals surface area (Å²) in [6.45, 7) is 31.3. The third kappa shape index (κ3) is 7.07. The summed E-state index contributed by atoms with van der Waals surface area (Å²) >= 11 is 2.01. The number of thiophene rings is 1. The molecule has 0 saturated heterocycles. The number of hydrogen-bond donors (Lipinski definition) is 0. The highest BCUT2D eigenvalue weighted by Gasteiger charge is 2.49. The van der Waals surface area contributed by atoms with E-state index in [0.717, 1.165) is 18.5 Å². The van der Waals surface area contributed by atoms with E-state index in [-0.39, 0.29) is 33.8 Å². The first kappa shape index (κ1) is 48.5. The van der Waals surface area contributed by atoms with Crippen LogP contribution in [0, 0.1) is 20.8 Å². The second-order valence-electron chi connectivity index (χ2n) is 27.0. The van der Waals surface area contributed by atoms with Gasteiger partial charge in [0, 0.05) is 65.7 Å². The van der Waals surface area contributed by atoms with Crippen molar-refractivity contribution in [2.24, 2.45) is 0 Å². The van der Waals surface area contributed by atoms with Crippen molar-refractivity contribution in [1.82, 2.24) is 0 Å². The zero-order valence-electron chi connectivity index (χ0n) is 47.6. The van der Waals surface area contributed by atoms with E-state index < -0.39 is 0 Å². The maximum Gasteiger partial charge on any atom is 0.264 e. The summed E-state index contributed by atoms with van der Waals surface area (Å²) in [6.07, 6.45) is 4.50. The quantitative estimate of drug-likeness (QED) is 0.163. The van der Waals surface area contributed by atoms with E-state index in [1.165, 1.54) is 145 Å². The highest BCUT2D eigenvalue weighted by molar-refractivity contribution is 7.33. The fourth-order valence-electron chi connectivity index (χ4n) is 14.6. The van der Waals surface area contributed by atoms with Crippen LogP contribution in [0.2, 0.25) is 0 Å². The fraction of sp³-hybridized carbons (Fsp3) is 0.306. The van der Waals surface area contributed by atoms with E-state index in [4.69, 9.17) is 0 Å². The Labute approximate surface area is 462 Å². The average Bonchev–Trinajstić information content (AvgIpc) is 4.04. The molecule has 2 aliphatic carbocycles. The van der Waals surface area contributed by atoms with Crippen LogP contribution in [-0.2, 0) is 27.1 Å². The summed E-state index contributed by atoms with van der Waals surface area (Å²) in [5.74, 6) is 0. The summed E-state index contributed by atoms with van der Waals surface area (Å²) in [5.41, 5.74) is 28.7. The molecule has 9 aromatic rings. The summed E-state index contributed by atoms with van der Waals surface area (Å²) in [6, 6.07) is 60.4. The number of fused-ring (bicyclic) bond motifs is 13. The fourth-order valence-corrected chi connectivity index (χ4v) is 15.9. The van der Waals surface area contributed by atoms with Crippen LogP contribution in [0.15, 0.2) is 152 Å². The van der Waals surface area contributed by atoms with Gasteiger partial charge in [0.25, 0.3) is 6.71 Å². The predicted octanol–water partition coefficient (Wildman–Crippen LogP) is 18.4. The lowest BCUT2D eigenvalue weighted by atomic mass is 9.36. The lowest BCUT2D eigenvalue weighted by Crippen LogP contribution is -2.60. The Morgan fingerprint density at radius 2 is 1.13 bits per heavy atom. The Morgan fingerprint density at radius 1 is 0.481 bits per heavy atom. The maximum absolute atomic E-state index is 2.73. The van der Waals surface area contributed by atoms with Crippen LogP contribution in [0.1, 0.15) is 145 Å². The molecule has 0 spiro atoms. The molecule has 5 aliphatic rings. The molecule has 1 unspecified atom stereocenters. The van der Waals surface area contributed by atoms with Crippen molar-refractivity contribution in [3.05, 3.63) is 202 Å². The summed E-state index contributed by atoms with van der Waals surface area (Å²) < 4.78 is 2.75. The Kier molecular flexibility index (Phi) is 10.3. The molecule has 14 rings (SSSR count). The first-order chi connectivity index (χ1) is 36.6. The lowest BCUT2D eigenvalue weighted by molar-refractivity contribution is 0.332. The normalized spacial score (nSPS) is 19.0. The van der Waals surface area contributed by atoms with Crippen molar-refractivity contribution in [2.75, 3.05) is 14.7 Å². The summed E-state index contributed by atoms with van der Waals surface area (Å²) in [5, 5.41) is 1.34. The highest BCUT2D eigenvalue weighted by atomic mass is 32.1. The van der Waals surface area contributed by atoms with Crippen molar-refractivity contribution < 1.29 is 0 Å². The van der Waals surface area contributed by atoms with Gasteiger partial charge in [0.2, 0.25) is 0 Å². The molecular formula is C72H72BN3S. The molecule has 0 radical (unpaired) electrons. The van der Waals surface area contributed by atoms with Gasteiger partial charge in [0.15, 0.2) is 0 Å². The molecule has 6 bridgehead atoms. The standard InChI is InChI=1S/C72H72BN3S/c1-43-35-62-65-63(36-43)76-60-42-56-55(41-51(60)46-20-15-14-16-21-46)71(11,12)33-34-72(56,13)48-24-23-45(3)59(38-48)74(58-22-18-17-19-44(58)2)50-27-29-57(61(76)40-50)73(65)67-66(52-37-47(68(4,5)6)25-30-64(52)77-67)75(62)49-26-28-53-54(39-49)70(9,10)32-31-69(53,7)8/h14-30,35-42H,31-34H2,1-13H3. The van der Waals surface area contributed by atoms with E-state index in [2.05, 4.69) is 256 Å². The minimum Gasteiger partial charge on any atom is -0.311 e. The number of hydrogen-bond acceptors (Lipinski definition) is 4. The minimum absolute atomic E-state index is 0.0116. The van der Waals surface area contributed by atoms with E-state index in [1.807, 2.05) is 11.3 Å². The Balaban J connectivity index is 1.14. The molecule has 0 saturated carbocycles. The third-order valence-corrected chi connectivity index (χ3v) is 20.7. The molecule has 3 aliphatic heterocycles. The van der Waals surface area contributed by atoms with Crippen LogP contribution < -0.4 is 30.4 Å². The predicted molar refractivity (Wildman–Crippen MR) is 333 cm³/mol. The molecule has 1 atom stereocenters. The van der Waals surface area contributed by atoms with Crippen LogP contribution in [0.25, 0.3) is 21.2 Å². The second-order valence-corrected chi connectivity index (χ2v) is 28.0. The van der Waals surface area contributed by atoms with Gasteiger partial charge in [-0.3, -0.25) is 0 Å². The molecule has 5 heteroatoms. The Hall–Kier alpha value is -6.82. The van der Waals surface area contributed by atoms with Gasteiger partial charge in [-0.1, -0.05) is 148 Å². The number of nitrogens with zero attached hydrogens (tertiary/aromatic N) is 3. The number of anilines is 9. The number of rotatable bonds is 3. The van der Waals surface area contributed by atoms with Crippen molar-refractivity contribution >= 4 is 95.0 Å². The van der Waals surface area contributed by atoms with E-state index in [1.54, 1.807) is 0 Å². The van der Waals surface area contributed by atoms with Gasteiger partial charge < -0.3 is 14.7 Å². The SMILES string of the molecule is Cc1cc2c3c(c1)N(c1ccc4c(c1)C(C)(C)CCC4(C)C)c1c(sc4ccc(C(C)(C)C)cc14)B3c1ccc3cc1N2c1cc2c(cc1-c1ccccc1)C(C)(C)CCC2(C)c1ccc(C)c(c1)N3c1ccccc1C. The highest BCUT2D eigenvalue weighted by Crippen LogP contribution is 2.58. The number of aryl methyl sites for hydroxylation is 3. The van der Waals surface area contributed by atoms with Crippen LogP contribution in [0.5, 0.6) is 0 Å². The number of benzene rings is 8. The molecular weight excluding hydrogens is 950 g/mol. The molecule has 4 heterocycles. The van der Waals surface area contributed by atoms with Gasteiger partial charge in [0.1, 0.15) is 0 Å². The van der Waals surface area contributed by atoms with Gasteiger partial charge in [-0.2, -0.15) is 0 Å². The van der Waals surface area contributed by atoms with E-state index in [0.29, 0.717) is 0 Å². The zero-order chi connectivity index (χ0) is 53.5. The van der Waals surface area contributed by atoms with E-state index >= 15 is 0 Å².